The summed E-state index contributed by atoms with van der Waals surface area (Å²) in [5, 5.41) is 3.80. The van der Waals surface area contributed by atoms with E-state index in [2.05, 4.69) is 15.1 Å². The molecule has 82 valence electrons. The molecule has 0 radical (unpaired) electrons. The van der Waals surface area contributed by atoms with Crippen molar-refractivity contribution in [3.05, 3.63) is 55.2 Å². The third-order valence-corrected chi connectivity index (χ3v) is 2.46. The summed E-state index contributed by atoms with van der Waals surface area (Å²) in [5.74, 6) is 0.551. The Kier molecular flexibility index (Phi) is 2.38. The van der Waals surface area contributed by atoms with Crippen molar-refractivity contribution in [2.75, 3.05) is 0 Å². The number of hydrogen-bond donors (Lipinski definition) is 0. The van der Waals surface area contributed by atoms with Gasteiger partial charge >= 0.3 is 0 Å². The number of aromatic nitrogens is 3. The quantitative estimate of drug-likeness (QED) is 0.670. The molecule has 4 nitrogen and oxygen atoms in total. The van der Waals surface area contributed by atoms with Gasteiger partial charge in [-0.1, -0.05) is 35.5 Å². The molecule has 2 heterocycles. The van der Waals surface area contributed by atoms with Crippen LogP contribution in [-0.2, 0) is 0 Å². The summed E-state index contributed by atoms with van der Waals surface area (Å²) in [4.78, 5) is 8.20. The van der Waals surface area contributed by atoms with Crippen molar-refractivity contribution in [3.8, 4) is 22.5 Å². The Morgan fingerprint density at radius 2 is 1.71 bits per heavy atom. The van der Waals surface area contributed by atoms with Crippen molar-refractivity contribution in [2.24, 2.45) is 0 Å². The predicted octanol–water partition coefficient (Wildman–Crippen LogP) is 2.80. The molecule has 0 atom stereocenters. The summed E-state index contributed by atoms with van der Waals surface area (Å²) >= 11 is 0. The van der Waals surface area contributed by atoms with Crippen molar-refractivity contribution in [2.45, 2.75) is 0 Å². The predicted molar refractivity (Wildman–Crippen MR) is 63.0 cm³/mol. The van der Waals surface area contributed by atoms with Gasteiger partial charge in [0.25, 0.3) is 0 Å². The molecule has 0 unspecified atom stereocenters. The lowest BCUT2D eigenvalue weighted by Gasteiger charge is -2.01. The van der Waals surface area contributed by atoms with E-state index in [0.717, 1.165) is 16.7 Å². The molecule has 0 aliphatic carbocycles. The lowest BCUT2D eigenvalue weighted by atomic mass is 10.1. The van der Waals surface area contributed by atoms with Crippen LogP contribution < -0.4 is 0 Å². The molecule has 4 heteroatoms. The molecule has 0 bridgehead atoms. The SMILES string of the molecule is c1ccc(-c2cncc(-c3ncon3)c2)cc1. The second-order valence-corrected chi connectivity index (χ2v) is 3.58. The summed E-state index contributed by atoms with van der Waals surface area (Å²) < 4.78 is 4.73. The fraction of sp³-hybridized carbons (Fsp3) is 0. The van der Waals surface area contributed by atoms with Gasteiger partial charge < -0.3 is 4.52 Å². The maximum atomic E-state index is 4.73. The van der Waals surface area contributed by atoms with Crippen LogP contribution in [0.2, 0.25) is 0 Å². The van der Waals surface area contributed by atoms with Crippen molar-refractivity contribution in [3.63, 3.8) is 0 Å². The van der Waals surface area contributed by atoms with E-state index < -0.39 is 0 Å². The molecule has 0 spiro atoms. The minimum absolute atomic E-state index is 0.551. The van der Waals surface area contributed by atoms with Gasteiger partial charge in [0, 0.05) is 23.5 Å². The summed E-state index contributed by atoms with van der Waals surface area (Å²) in [6.07, 6.45) is 4.85. The van der Waals surface area contributed by atoms with Crippen LogP contribution >= 0.6 is 0 Å². The molecular formula is C13H9N3O. The number of benzene rings is 1. The van der Waals surface area contributed by atoms with Gasteiger partial charge in [0.05, 0.1) is 0 Å². The first kappa shape index (κ1) is 9.72. The minimum Gasteiger partial charge on any atom is -0.342 e. The van der Waals surface area contributed by atoms with E-state index in [4.69, 9.17) is 4.52 Å². The number of hydrogen-bond acceptors (Lipinski definition) is 4. The summed E-state index contributed by atoms with van der Waals surface area (Å²) in [7, 11) is 0. The van der Waals surface area contributed by atoms with Crippen LogP contribution in [0.25, 0.3) is 22.5 Å². The Bertz CT molecular complexity index is 606. The topological polar surface area (TPSA) is 51.8 Å². The molecular weight excluding hydrogens is 214 g/mol. The van der Waals surface area contributed by atoms with E-state index in [9.17, 15) is 0 Å². The maximum Gasteiger partial charge on any atom is 0.214 e. The fourth-order valence-electron chi connectivity index (χ4n) is 1.65. The second-order valence-electron chi connectivity index (χ2n) is 3.58. The largest absolute Gasteiger partial charge is 0.342 e. The lowest BCUT2D eigenvalue weighted by molar-refractivity contribution is 0.418. The van der Waals surface area contributed by atoms with Crippen LogP contribution in [0.4, 0.5) is 0 Å². The van der Waals surface area contributed by atoms with E-state index in [1.54, 1.807) is 6.20 Å². The zero-order valence-corrected chi connectivity index (χ0v) is 8.95. The van der Waals surface area contributed by atoms with Gasteiger partial charge in [0.1, 0.15) is 0 Å². The zero-order valence-electron chi connectivity index (χ0n) is 8.95. The molecule has 17 heavy (non-hydrogen) atoms. The van der Waals surface area contributed by atoms with Crippen LogP contribution in [0.5, 0.6) is 0 Å². The van der Waals surface area contributed by atoms with Gasteiger partial charge in [-0.05, 0) is 11.6 Å². The molecule has 2 aromatic heterocycles. The van der Waals surface area contributed by atoms with Crippen LogP contribution in [-0.4, -0.2) is 15.1 Å². The molecule has 0 aliphatic rings. The van der Waals surface area contributed by atoms with Gasteiger partial charge in [-0.15, -0.1) is 0 Å². The lowest BCUT2D eigenvalue weighted by Crippen LogP contribution is -1.85. The fourth-order valence-corrected chi connectivity index (χ4v) is 1.65. The maximum absolute atomic E-state index is 4.73. The summed E-state index contributed by atoms with van der Waals surface area (Å²) in [6.45, 7) is 0. The molecule has 0 saturated carbocycles. The highest BCUT2D eigenvalue weighted by Gasteiger charge is 2.05. The number of nitrogens with zero attached hydrogens (tertiary/aromatic N) is 3. The molecule has 0 aliphatic heterocycles. The van der Waals surface area contributed by atoms with Crippen molar-refractivity contribution in [1.82, 2.24) is 15.1 Å². The molecule has 0 N–H and O–H groups in total. The van der Waals surface area contributed by atoms with E-state index in [1.165, 1.54) is 6.39 Å². The smallest absolute Gasteiger partial charge is 0.214 e. The van der Waals surface area contributed by atoms with Crippen LogP contribution in [0.15, 0.2) is 59.7 Å². The molecule has 0 fully saturated rings. The average Bonchev–Trinajstić information content (AvgIpc) is 2.94. The van der Waals surface area contributed by atoms with Crippen molar-refractivity contribution >= 4 is 0 Å². The standard InChI is InChI=1S/C13H9N3O/c1-2-4-10(5-3-1)11-6-12(8-14-7-11)13-15-9-17-16-13/h1-9H. The van der Waals surface area contributed by atoms with Crippen LogP contribution in [0.1, 0.15) is 0 Å². The van der Waals surface area contributed by atoms with Gasteiger partial charge in [0.2, 0.25) is 12.2 Å². The first-order valence-electron chi connectivity index (χ1n) is 5.21. The Balaban J connectivity index is 2.06. The monoisotopic (exact) mass is 223 g/mol. The van der Waals surface area contributed by atoms with E-state index in [-0.39, 0.29) is 0 Å². The third-order valence-electron chi connectivity index (χ3n) is 2.46. The van der Waals surface area contributed by atoms with Crippen LogP contribution in [0, 0.1) is 0 Å². The van der Waals surface area contributed by atoms with Gasteiger partial charge in [0.15, 0.2) is 0 Å². The molecule has 0 saturated heterocycles. The highest BCUT2D eigenvalue weighted by atomic mass is 16.5. The summed E-state index contributed by atoms with van der Waals surface area (Å²) in [6, 6.07) is 12.0. The Morgan fingerprint density at radius 3 is 2.47 bits per heavy atom. The first-order valence-corrected chi connectivity index (χ1v) is 5.21. The average molecular weight is 223 g/mol. The normalized spacial score (nSPS) is 10.4. The summed E-state index contributed by atoms with van der Waals surface area (Å²) in [5.41, 5.74) is 3.00. The minimum atomic E-state index is 0.551. The third kappa shape index (κ3) is 1.92. The zero-order chi connectivity index (χ0) is 11.5. The molecule has 3 aromatic rings. The molecule has 0 amide bonds. The second kappa shape index (κ2) is 4.17. The van der Waals surface area contributed by atoms with Crippen molar-refractivity contribution < 1.29 is 4.52 Å². The highest BCUT2D eigenvalue weighted by molar-refractivity contribution is 5.68. The van der Waals surface area contributed by atoms with E-state index in [1.807, 2.05) is 42.6 Å². The molecule has 1 aromatic carbocycles. The van der Waals surface area contributed by atoms with Gasteiger partial charge in [-0.2, -0.15) is 4.98 Å². The van der Waals surface area contributed by atoms with Gasteiger partial charge in [-0.25, -0.2) is 0 Å². The Hall–Kier alpha value is -2.49. The van der Waals surface area contributed by atoms with E-state index >= 15 is 0 Å². The van der Waals surface area contributed by atoms with E-state index in [0.29, 0.717) is 5.82 Å². The Morgan fingerprint density at radius 1 is 0.882 bits per heavy atom. The van der Waals surface area contributed by atoms with Crippen LogP contribution in [0.3, 0.4) is 0 Å². The van der Waals surface area contributed by atoms with Crippen molar-refractivity contribution in [1.29, 1.82) is 0 Å². The molecule has 3 rings (SSSR count). The highest BCUT2D eigenvalue weighted by Crippen LogP contribution is 2.22. The number of rotatable bonds is 2. The number of pyridine rings is 1. The first-order chi connectivity index (χ1) is 8.43. The van der Waals surface area contributed by atoms with Gasteiger partial charge in [-0.3, -0.25) is 4.98 Å². The Labute approximate surface area is 98.0 Å².